The van der Waals surface area contributed by atoms with Crippen LogP contribution >= 0.6 is 0 Å². The van der Waals surface area contributed by atoms with E-state index in [0.29, 0.717) is 23.8 Å². The number of aryl methyl sites for hydroxylation is 1. The lowest BCUT2D eigenvalue weighted by molar-refractivity contribution is -0.121. The molecule has 0 unspecified atom stereocenters. The van der Waals surface area contributed by atoms with Crippen molar-refractivity contribution in [2.45, 2.75) is 25.8 Å². The van der Waals surface area contributed by atoms with Crippen molar-refractivity contribution < 1.29 is 18.3 Å². The Morgan fingerprint density at radius 2 is 2.00 bits per heavy atom. The molecule has 2 aromatic carbocycles. The summed E-state index contributed by atoms with van der Waals surface area (Å²) in [6.07, 6.45) is 0.523. The number of amides is 1. The zero-order chi connectivity index (χ0) is 19.2. The monoisotopic (exact) mass is 369 g/mol. The van der Waals surface area contributed by atoms with E-state index in [4.69, 9.17) is 9.15 Å². The van der Waals surface area contributed by atoms with E-state index in [9.17, 15) is 9.18 Å². The number of ether oxygens (including phenoxy) is 1. The van der Waals surface area contributed by atoms with Gasteiger partial charge in [0.15, 0.2) is 11.6 Å². The molecule has 3 aromatic rings. The largest absolute Gasteiger partial charge is 0.494 e. The van der Waals surface area contributed by atoms with Gasteiger partial charge in [-0.05, 0) is 36.8 Å². The molecule has 0 saturated carbocycles. The minimum atomic E-state index is -0.463. The first-order valence-electron chi connectivity index (χ1n) is 8.57. The number of nitrogens with one attached hydrogen (secondary N) is 1. The van der Waals surface area contributed by atoms with Crippen LogP contribution in [0.5, 0.6) is 5.75 Å². The van der Waals surface area contributed by atoms with E-state index in [0.717, 1.165) is 5.56 Å². The topological polar surface area (TPSA) is 77.2 Å². The number of hydrogen-bond acceptors (Lipinski definition) is 5. The SMILES string of the molecule is COc1ccc([C@H](C)NC(=O)CCc2nnc(-c3ccccc3)o2)cc1F. The number of methoxy groups -OCH3 is 1. The summed E-state index contributed by atoms with van der Waals surface area (Å²) >= 11 is 0. The maximum Gasteiger partial charge on any atom is 0.247 e. The van der Waals surface area contributed by atoms with Crippen LogP contribution in [0.15, 0.2) is 52.9 Å². The Balaban J connectivity index is 1.54. The molecule has 0 fully saturated rings. The van der Waals surface area contributed by atoms with E-state index in [1.807, 2.05) is 30.3 Å². The van der Waals surface area contributed by atoms with Gasteiger partial charge < -0.3 is 14.5 Å². The van der Waals surface area contributed by atoms with Crippen LogP contribution < -0.4 is 10.1 Å². The first-order chi connectivity index (χ1) is 13.1. The Labute approximate surface area is 156 Å². The van der Waals surface area contributed by atoms with Gasteiger partial charge in [-0.25, -0.2) is 4.39 Å². The highest BCUT2D eigenvalue weighted by atomic mass is 19.1. The molecule has 1 N–H and O–H groups in total. The lowest BCUT2D eigenvalue weighted by Crippen LogP contribution is -2.26. The number of aromatic nitrogens is 2. The van der Waals surface area contributed by atoms with Gasteiger partial charge in [0.25, 0.3) is 0 Å². The molecule has 3 rings (SSSR count). The van der Waals surface area contributed by atoms with E-state index < -0.39 is 5.82 Å². The second kappa shape index (κ2) is 8.44. The average molecular weight is 369 g/mol. The van der Waals surface area contributed by atoms with Gasteiger partial charge in [0.2, 0.25) is 17.7 Å². The fourth-order valence-electron chi connectivity index (χ4n) is 2.62. The standard InChI is InChI=1S/C20H20FN3O3/c1-13(15-8-9-17(26-2)16(21)12-15)22-18(25)10-11-19-23-24-20(27-19)14-6-4-3-5-7-14/h3-9,12-13H,10-11H2,1-2H3,(H,22,25)/t13-/m0/s1. The van der Waals surface area contributed by atoms with E-state index in [-0.39, 0.29) is 24.1 Å². The summed E-state index contributed by atoms with van der Waals surface area (Å²) in [5, 5.41) is 10.8. The van der Waals surface area contributed by atoms with E-state index in [1.54, 1.807) is 13.0 Å². The summed E-state index contributed by atoms with van der Waals surface area (Å²) in [6, 6.07) is 13.7. The summed E-state index contributed by atoms with van der Waals surface area (Å²) in [5.74, 6) is 0.344. The Bertz CT molecular complexity index is 912. The first kappa shape index (κ1) is 18.6. The van der Waals surface area contributed by atoms with Crippen LogP contribution in [-0.2, 0) is 11.2 Å². The van der Waals surface area contributed by atoms with Gasteiger partial charge in [-0.1, -0.05) is 24.3 Å². The van der Waals surface area contributed by atoms with Crippen LogP contribution in [0, 0.1) is 5.82 Å². The molecule has 6 nitrogen and oxygen atoms in total. The predicted molar refractivity (Wildman–Crippen MR) is 97.6 cm³/mol. The number of halogens is 1. The number of carbonyl (C=O) groups is 1. The fraction of sp³-hybridized carbons (Fsp3) is 0.250. The molecule has 1 amide bonds. The highest BCUT2D eigenvalue weighted by Gasteiger charge is 2.14. The van der Waals surface area contributed by atoms with Gasteiger partial charge >= 0.3 is 0 Å². The molecule has 0 bridgehead atoms. The van der Waals surface area contributed by atoms with E-state index in [1.165, 1.54) is 19.2 Å². The predicted octanol–water partition coefficient (Wildman–Crippen LogP) is 3.69. The van der Waals surface area contributed by atoms with Crippen molar-refractivity contribution >= 4 is 5.91 Å². The second-order valence-corrected chi connectivity index (χ2v) is 6.05. The maximum absolute atomic E-state index is 13.8. The number of rotatable bonds is 7. The molecule has 0 aliphatic heterocycles. The maximum atomic E-state index is 13.8. The van der Waals surface area contributed by atoms with Gasteiger partial charge in [-0.15, -0.1) is 10.2 Å². The van der Waals surface area contributed by atoms with Crippen molar-refractivity contribution in [2.75, 3.05) is 7.11 Å². The van der Waals surface area contributed by atoms with Crippen molar-refractivity contribution in [3.63, 3.8) is 0 Å². The normalized spacial score (nSPS) is 11.8. The smallest absolute Gasteiger partial charge is 0.247 e. The molecule has 1 aromatic heterocycles. The van der Waals surface area contributed by atoms with Gasteiger partial charge in [0.1, 0.15) is 0 Å². The molecular formula is C20H20FN3O3. The molecule has 0 spiro atoms. The number of nitrogens with zero attached hydrogens (tertiary/aromatic N) is 2. The Morgan fingerprint density at radius 1 is 1.22 bits per heavy atom. The van der Waals surface area contributed by atoms with Gasteiger partial charge in [-0.2, -0.15) is 0 Å². The third-order valence-corrected chi connectivity index (χ3v) is 4.11. The quantitative estimate of drug-likeness (QED) is 0.687. The van der Waals surface area contributed by atoms with Crippen LogP contribution in [-0.4, -0.2) is 23.2 Å². The molecule has 0 aliphatic rings. The molecule has 1 heterocycles. The number of carbonyl (C=O) groups excluding carboxylic acids is 1. The molecule has 7 heteroatoms. The van der Waals surface area contributed by atoms with Crippen molar-refractivity contribution in [2.24, 2.45) is 0 Å². The Hall–Kier alpha value is -3.22. The molecule has 0 saturated heterocycles. The zero-order valence-electron chi connectivity index (χ0n) is 15.1. The van der Waals surface area contributed by atoms with E-state index >= 15 is 0 Å². The number of hydrogen-bond donors (Lipinski definition) is 1. The second-order valence-electron chi connectivity index (χ2n) is 6.05. The molecule has 0 radical (unpaired) electrons. The van der Waals surface area contributed by atoms with Gasteiger partial charge in [0, 0.05) is 18.4 Å². The van der Waals surface area contributed by atoms with Crippen LogP contribution in [0.3, 0.4) is 0 Å². The third-order valence-electron chi connectivity index (χ3n) is 4.11. The lowest BCUT2D eigenvalue weighted by Gasteiger charge is -2.15. The number of benzene rings is 2. The molecular weight excluding hydrogens is 349 g/mol. The van der Waals surface area contributed by atoms with Gasteiger partial charge in [0.05, 0.1) is 13.2 Å². The lowest BCUT2D eigenvalue weighted by atomic mass is 10.1. The van der Waals surface area contributed by atoms with Crippen LogP contribution in [0.2, 0.25) is 0 Å². The summed E-state index contributed by atoms with van der Waals surface area (Å²) in [6.45, 7) is 1.79. The summed E-state index contributed by atoms with van der Waals surface area (Å²) in [7, 11) is 1.41. The Morgan fingerprint density at radius 3 is 2.70 bits per heavy atom. The Kier molecular flexibility index (Phi) is 5.80. The molecule has 140 valence electrons. The average Bonchev–Trinajstić information content (AvgIpc) is 3.16. The minimum Gasteiger partial charge on any atom is -0.494 e. The molecule has 27 heavy (non-hydrogen) atoms. The van der Waals surface area contributed by atoms with Crippen molar-refractivity contribution in [1.29, 1.82) is 0 Å². The molecule has 1 atom stereocenters. The van der Waals surface area contributed by atoms with Crippen LogP contribution in [0.25, 0.3) is 11.5 Å². The first-order valence-corrected chi connectivity index (χ1v) is 8.57. The van der Waals surface area contributed by atoms with E-state index in [2.05, 4.69) is 15.5 Å². The summed E-state index contributed by atoms with van der Waals surface area (Å²) in [4.78, 5) is 12.2. The van der Waals surface area contributed by atoms with Crippen molar-refractivity contribution in [3.8, 4) is 17.2 Å². The molecule has 0 aliphatic carbocycles. The minimum absolute atomic E-state index is 0.169. The van der Waals surface area contributed by atoms with Crippen molar-refractivity contribution in [1.82, 2.24) is 15.5 Å². The highest BCUT2D eigenvalue weighted by molar-refractivity contribution is 5.76. The van der Waals surface area contributed by atoms with Crippen molar-refractivity contribution in [3.05, 3.63) is 65.8 Å². The summed E-state index contributed by atoms with van der Waals surface area (Å²) in [5.41, 5.74) is 1.49. The third kappa shape index (κ3) is 4.69. The fourth-order valence-corrected chi connectivity index (χ4v) is 2.62. The van der Waals surface area contributed by atoms with Gasteiger partial charge in [-0.3, -0.25) is 4.79 Å². The van der Waals surface area contributed by atoms with Crippen LogP contribution in [0.4, 0.5) is 4.39 Å². The zero-order valence-corrected chi connectivity index (χ0v) is 15.1. The van der Waals surface area contributed by atoms with Crippen LogP contribution in [0.1, 0.15) is 30.8 Å². The highest BCUT2D eigenvalue weighted by Crippen LogP contribution is 2.22. The summed E-state index contributed by atoms with van der Waals surface area (Å²) < 4.78 is 24.3.